The van der Waals surface area contributed by atoms with Crippen molar-refractivity contribution in [2.75, 3.05) is 32.8 Å². The van der Waals surface area contributed by atoms with Gasteiger partial charge in [-0.15, -0.1) is 0 Å². The Hall–Kier alpha value is -0.610. The molecule has 0 aromatic heterocycles. The first-order valence-electron chi connectivity index (χ1n) is 7.49. The summed E-state index contributed by atoms with van der Waals surface area (Å²) >= 11 is 5.90. The third-order valence-electron chi connectivity index (χ3n) is 3.82. The molecule has 2 rings (SSSR count). The second kappa shape index (κ2) is 7.99. The van der Waals surface area contributed by atoms with Gasteiger partial charge < -0.3 is 10.1 Å². The molecule has 20 heavy (non-hydrogen) atoms. The van der Waals surface area contributed by atoms with Crippen LogP contribution in [0.15, 0.2) is 24.3 Å². The summed E-state index contributed by atoms with van der Waals surface area (Å²) in [7, 11) is 0. The van der Waals surface area contributed by atoms with Crippen molar-refractivity contribution in [1.29, 1.82) is 0 Å². The largest absolute Gasteiger partial charge is 0.374 e. The number of nitrogens with zero attached hydrogens (tertiary/aromatic N) is 1. The molecule has 1 aliphatic heterocycles. The summed E-state index contributed by atoms with van der Waals surface area (Å²) in [5.41, 5.74) is 1.31. The average Bonchev–Trinajstić information content (AvgIpc) is 2.48. The summed E-state index contributed by atoms with van der Waals surface area (Å²) in [6.45, 7) is 9.41. The van der Waals surface area contributed by atoms with E-state index in [2.05, 4.69) is 36.2 Å². The van der Waals surface area contributed by atoms with Crippen molar-refractivity contribution in [2.45, 2.75) is 32.4 Å². The lowest BCUT2D eigenvalue weighted by Crippen LogP contribution is -2.47. The summed E-state index contributed by atoms with van der Waals surface area (Å²) in [6, 6.07) is 8.53. The summed E-state index contributed by atoms with van der Waals surface area (Å²) < 4.78 is 5.80. The molecule has 3 nitrogen and oxygen atoms in total. The maximum atomic E-state index is 5.90. The third kappa shape index (κ3) is 5.06. The Labute approximate surface area is 127 Å². The number of halogens is 1. The van der Waals surface area contributed by atoms with Crippen molar-refractivity contribution < 1.29 is 4.74 Å². The number of hydrogen-bond acceptors (Lipinski definition) is 3. The van der Waals surface area contributed by atoms with Crippen LogP contribution in [0.1, 0.15) is 19.4 Å². The number of likely N-dealkylation sites (N-methyl/N-ethyl adjacent to an activating group) is 1. The first kappa shape index (κ1) is 15.8. The fourth-order valence-electron chi connectivity index (χ4n) is 2.57. The van der Waals surface area contributed by atoms with Gasteiger partial charge in [0.15, 0.2) is 0 Å². The molecule has 2 unspecified atom stereocenters. The van der Waals surface area contributed by atoms with Crippen molar-refractivity contribution in [2.24, 2.45) is 0 Å². The van der Waals surface area contributed by atoms with E-state index in [1.165, 1.54) is 5.56 Å². The lowest BCUT2D eigenvalue weighted by molar-refractivity contribution is -0.0261. The number of morpholine rings is 1. The molecule has 2 atom stereocenters. The number of ether oxygens (including phenoxy) is 1. The highest BCUT2D eigenvalue weighted by Gasteiger charge is 2.19. The zero-order valence-electron chi connectivity index (χ0n) is 12.4. The Balaban J connectivity index is 1.71. The zero-order valence-corrected chi connectivity index (χ0v) is 13.2. The quantitative estimate of drug-likeness (QED) is 0.873. The van der Waals surface area contributed by atoms with Gasteiger partial charge in [-0.2, -0.15) is 0 Å². The van der Waals surface area contributed by atoms with Crippen LogP contribution in [0, 0.1) is 0 Å². The topological polar surface area (TPSA) is 24.5 Å². The molecule has 0 radical (unpaired) electrons. The Bertz CT molecular complexity index is 396. The van der Waals surface area contributed by atoms with Gasteiger partial charge in [0.25, 0.3) is 0 Å². The standard InChI is InChI=1S/C16H25ClN2O/c1-3-19-8-9-20-16(12-19)11-18-13(2)10-14-4-6-15(17)7-5-14/h4-7,13,16,18H,3,8-12H2,1-2H3. The molecule has 1 aromatic carbocycles. The Kier molecular flexibility index (Phi) is 6.30. The second-order valence-corrected chi connectivity index (χ2v) is 5.96. The third-order valence-corrected chi connectivity index (χ3v) is 4.07. The molecule has 0 amide bonds. The van der Waals surface area contributed by atoms with Crippen LogP contribution in [0.3, 0.4) is 0 Å². The molecule has 1 saturated heterocycles. The van der Waals surface area contributed by atoms with E-state index in [9.17, 15) is 0 Å². The normalized spacial score (nSPS) is 21.9. The summed E-state index contributed by atoms with van der Waals surface area (Å²) in [6.07, 6.45) is 1.33. The fraction of sp³-hybridized carbons (Fsp3) is 0.625. The molecule has 0 spiro atoms. The lowest BCUT2D eigenvalue weighted by atomic mass is 10.1. The molecule has 0 bridgehead atoms. The smallest absolute Gasteiger partial charge is 0.0826 e. The predicted octanol–water partition coefficient (Wildman–Crippen LogP) is 2.58. The van der Waals surface area contributed by atoms with Gasteiger partial charge in [0.2, 0.25) is 0 Å². The molecule has 1 aromatic rings. The van der Waals surface area contributed by atoms with Gasteiger partial charge in [-0.1, -0.05) is 30.7 Å². The van der Waals surface area contributed by atoms with Gasteiger partial charge in [-0.25, -0.2) is 0 Å². The second-order valence-electron chi connectivity index (χ2n) is 5.53. The van der Waals surface area contributed by atoms with Crippen molar-refractivity contribution in [3.8, 4) is 0 Å². The van der Waals surface area contributed by atoms with Crippen LogP contribution in [-0.4, -0.2) is 49.8 Å². The van der Waals surface area contributed by atoms with Gasteiger partial charge in [-0.3, -0.25) is 4.90 Å². The van der Waals surface area contributed by atoms with Gasteiger partial charge in [0.1, 0.15) is 0 Å². The zero-order chi connectivity index (χ0) is 14.4. The van der Waals surface area contributed by atoms with Crippen LogP contribution < -0.4 is 5.32 Å². The van der Waals surface area contributed by atoms with Crippen LogP contribution in [0.25, 0.3) is 0 Å². The summed E-state index contributed by atoms with van der Waals surface area (Å²) in [5, 5.41) is 4.37. The fourth-order valence-corrected chi connectivity index (χ4v) is 2.70. The van der Waals surface area contributed by atoms with E-state index >= 15 is 0 Å². The molecule has 0 aliphatic carbocycles. The maximum absolute atomic E-state index is 5.90. The van der Waals surface area contributed by atoms with Gasteiger partial charge in [0.05, 0.1) is 12.7 Å². The molecule has 1 N–H and O–H groups in total. The molecule has 0 saturated carbocycles. The van der Waals surface area contributed by atoms with Crippen LogP contribution in [0.2, 0.25) is 5.02 Å². The Morgan fingerprint density at radius 1 is 1.40 bits per heavy atom. The minimum Gasteiger partial charge on any atom is -0.374 e. The first-order chi connectivity index (χ1) is 9.67. The van der Waals surface area contributed by atoms with Crippen LogP contribution in [0.4, 0.5) is 0 Å². The average molecular weight is 297 g/mol. The molecular formula is C16H25ClN2O. The molecular weight excluding hydrogens is 272 g/mol. The van der Waals surface area contributed by atoms with Crippen LogP contribution >= 0.6 is 11.6 Å². The highest BCUT2D eigenvalue weighted by molar-refractivity contribution is 6.30. The number of benzene rings is 1. The van der Waals surface area contributed by atoms with Gasteiger partial charge >= 0.3 is 0 Å². The van der Waals surface area contributed by atoms with E-state index in [1.54, 1.807) is 0 Å². The van der Waals surface area contributed by atoms with E-state index in [0.29, 0.717) is 12.1 Å². The van der Waals surface area contributed by atoms with E-state index in [1.807, 2.05) is 12.1 Å². The molecule has 4 heteroatoms. The lowest BCUT2D eigenvalue weighted by Gasteiger charge is -2.32. The molecule has 1 aliphatic rings. The minimum absolute atomic E-state index is 0.316. The highest BCUT2D eigenvalue weighted by atomic mass is 35.5. The van der Waals surface area contributed by atoms with E-state index in [-0.39, 0.29) is 0 Å². The van der Waals surface area contributed by atoms with Crippen molar-refractivity contribution in [1.82, 2.24) is 10.2 Å². The minimum atomic E-state index is 0.316. The predicted molar refractivity (Wildman–Crippen MR) is 84.5 cm³/mol. The SMILES string of the molecule is CCN1CCOC(CNC(C)Cc2ccc(Cl)cc2)C1. The molecule has 1 heterocycles. The van der Waals surface area contributed by atoms with Gasteiger partial charge in [0, 0.05) is 30.7 Å². The number of hydrogen-bond donors (Lipinski definition) is 1. The summed E-state index contributed by atoms with van der Waals surface area (Å²) in [5.74, 6) is 0. The van der Waals surface area contributed by atoms with E-state index < -0.39 is 0 Å². The first-order valence-corrected chi connectivity index (χ1v) is 7.87. The van der Waals surface area contributed by atoms with E-state index in [0.717, 1.165) is 44.2 Å². The summed E-state index contributed by atoms with van der Waals surface area (Å²) in [4.78, 5) is 2.44. The van der Waals surface area contributed by atoms with E-state index in [4.69, 9.17) is 16.3 Å². The van der Waals surface area contributed by atoms with Crippen molar-refractivity contribution in [3.05, 3.63) is 34.9 Å². The Morgan fingerprint density at radius 3 is 2.85 bits per heavy atom. The number of nitrogens with one attached hydrogen (secondary N) is 1. The van der Waals surface area contributed by atoms with Crippen molar-refractivity contribution in [3.63, 3.8) is 0 Å². The van der Waals surface area contributed by atoms with Crippen LogP contribution in [0.5, 0.6) is 0 Å². The highest BCUT2D eigenvalue weighted by Crippen LogP contribution is 2.11. The van der Waals surface area contributed by atoms with Gasteiger partial charge in [-0.05, 0) is 37.6 Å². The Morgan fingerprint density at radius 2 is 2.15 bits per heavy atom. The maximum Gasteiger partial charge on any atom is 0.0826 e. The monoisotopic (exact) mass is 296 g/mol. The van der Waals surface area contributed by atoms with Crippen LogP contribution in [-0.2, 0) is 11.2 Å². The molecule has 1 fully saturated rings. The number of rotatable bonds is 6. The van der Waals surface area contributed by atoms with Crippen molar-refractivity contribution >= 4 is 11.6 Å². The molecule has 112 valence electrons.